The van der Waals surface area contributed by atoms with Gasteiger partial charge in [0.1, 0.15) is 0 Å². The summed E-state index contributed by atoms with van der Waals surface area (Å²) in [6.45, 7) is 7.43. The monoisotopic (exact) mass is 469 g/mol. The Balaban J connectivity index is 2.59. The minimum Gasteiger partial charge on any atom is -0.392 e. The zero-order valence-electron chi connectivity index (χ0n) is 20.5. The first-order valence-corrected chi connectivity index (χ1v) is 12.1. The van der Waals surface area contributed by atoms with Crippen molar-refractivity contribution in [2.24, 2.45) is 5.73 Å². The summed E-state index contributed by atoms with van der Waals surface area (Å²) in [6, 6.07) is 14.7. The number of benzene rings is 2. The molecular weight excluding hydrogens is 430 g/mol. The highest BCUT2D eigenvalue weighted by Crippen LogP contribution is 2.32. The Kier molecular flexibility index (Phi) is 11.2. The summed E-state index contributed by atoms with van der Waals surface area (Å²) in [5.41, 5.74) is 7.85. The van der Waals surface area contributed by atoms with Crippen LogP contribution in [0.15, 0.2) is 48.5 Å². The van der Waals surface area contributed by atoms with Crippen molar-refractivity contribution in [3.05, 3.63) is 70.8 Å². The van der Waals surface area contributed by atoms with Crippen molar-refractivity contribution in [1.29, 1.82) is 0 Å². The van der Waals surface area contributed by atoms with Crippen LogP contribution >= 0.6 is 0 Å². The van der Waals surface area contributed by atoms with Crippen molar-refractivity contribution >= 4 is 11.8 Å². The Bertz CT molecular complexity index is 911. The van der Waals surface area contributed by atoms with Gasteiger partial charge in [-0.3, -0.25) is 9.59 Å². The summed E-state index contributed by atoms with van der Waals surface area (Å²) in [4.78, 5) is 27.9. The highest BCUT2D eigenvalue weighted by atomic mass is 16.3. The third kappa shape index (κ3) is 7.65. The van der Waals surface area contributed by atoms with Crippen LogP contribution in [0.25, 0.3) is 0 Å². The molecule has 2 aromatic carbocycles. The number of hydrogen-bond donors (Lipinski definition) is 4. The van der Waals surface area contributed by atoms with Crippen molar-refractivity contribution in [2.75, 3.05) is 26.2 Å². The second-order valence-corrected chi connectivity index (χ2v) is 8.79. The lowest BCUT2D eigenvalue weighted by atomic mass is 9.81. The molecule has 0 radical (unpaired) electrons. The van der Waals surface area contributed by atoms with E-state index in [1.807, 2.05) is 44.2 Å². The van der Waals surface area contributed by atoms with Gasteiger partial charge in [0, 0.05) is 43.2 Å². The van der Waals surface area contributed by atoms with E-state index in [-0.39, 0.29) is 18.0 Å². The molecule has 2 rings (SSSR count). The van der Waals surface area contributed by atoms with Gasteiger partial charge in [0.25, 0.3) is 5.91 Å². The van der Waals surface area contributed by atoms with Crippen molar-refractivity contribution in [3.8, 4) is 0 Å². The number of hydrogen-bond acceptors (Lipinski definition) is 5. The maximum absolute atomic E-state index is 13.6. The largest absolute Gasteiger partial charge is 0.392 e. The van der Waals surface area contributed by atoms with Crippen molar-refractivity contribution < 1.29 is 19.8 Å². The zero-order chi connectivity index (χ0) is 25.1. The fourth-order valence-electron chi connectivity index (χ4n) is 4.27. The fourth-order valence-corrected chi connectivity index (χ4v) is 4.27. The van der Waals surface area contributed by atoms with Crippen LogP contribution in [0.2, 0.25) is 0 Å². The number of aliphatic hydroxyl groups excluding tert-OH is 2. The predicted molar refractivity (Wildman–Crippen MR) is 135 cm³/mol. The van der Waals surface area contributed by atoms with Crippen LogP contribution < -0.4 is 11.1 Å². The average molecular weight is 470 g/mol. The summed E-state index contributed by atoms with van der Waals surface area (Å²) < 4.78 is 0. The lowest BCUT2D eigenvalue weighted by Gasteiger charge is -2.30. The summed E-state index contributed by atoms with van der Waals surface area (Å²) in [7, 11) is 0. The molecule has 7 nitrogen and oxygen atoms in total. The van der Waals surface area contributed by atoms with Gasteiger partial charge in [-0.1, -0.05) is 50.2 Å². The highest BCUT2D eigenvalue weighted by Gasteiger charge is 2.31. The first-order chi connectivity index (χ1) is 16.3. The highest BCUT2D eigenvalue weighted by molar-refractivity contribution is 6.02. The molecule has 0 heterocycles. The normalized spacial score (nSPS) is 13.8. The molecule has 34 heavy (non-hydrogen) atoms. The van der Waals surface area contributed by atoms with E-state index in [9.17, 15) is 19.8 Å². The molecule has 7 heteroatoms. The number of nitrogens with one attached hydrogen (secondary N) is 1. The quantitative estimate of drug-likeness (QED) is 0.340. The maximum atomic E-state index is 13.6. The van der Waals surface area contributed by atoms with E-state index in [0.717, 1.165) is 18.4 Å². The summed E-state index contributed by atoms with van der Waals surface area (Å²) >= 11 is 0. The minimum atomic E-state index is -0.920. The molecule has 0 spiro atoms. The Morgan fingerprint density at radius 1 is 0.941 bits per heavy atom. The van der Waals surface area contributed by atoms with E-state index in [1.54, 1.807) is 30.0 Å². The molecule has 186 valence electrons. The van der Waals surface area contributed by atoms with Gasteiger partial charge in [-0.2, -0.15) is 0 Å². The van der Waals surface area contributed by atoms with Crippen LogP contribution in [0.1, 0.15) is 71.4 Å². The van der Waals surface area contributed by atoms with E-state index in [1.165, 1.54) is 0 Å². The van der Waals surface area contributed by atoms with Gasteiger partial charge >= 0.3 is 0 Å². The van der Waals surface area contributed by atoms with Crippen LogP contribution in [0.5, 0.6) is 0 Å². The number of amides is 2. The van der Waals surface area contributed by atoms with E-state index in [2.05, 4.69) is 5.32 Å². The molecule has 2 amide bonds. The smallest absolute Gasteiger partial charge is 0.254 e. The van der Waals surface area contributed by atoms with E-state index in [4.69, 9.17) is 5.73 Å². The summed E-state index contributed by atoms with van der Waals surface area (Å²) in [5.74, 6) is -1.36. The van der Waals surface area contributed by atoms with Gasteiger partial charge in [0.05, 0.1) is 12.2 Å². The molecule has 0 aliphatic heterocycles. The number of nitrogens with zero attached hydrogens (tertiary/aromatic N) is 1. The molecule has 0 fully saturated rings. The first-order valence-electron chi connectivity index (χ1n) is 12.1. The molecule has 0 saturated heterocycles. The lowest BCUT2D eigenvalue weighted by molar-refractivity contribution is 0.0751. The molecule has 5 N–H and O–H groups in total. The van der Waals surface area contributed by atoms with Crippen molar-refractivity contribution in [1.82, 2.24) is 10.2 Å². The number of nitrogens with two attached hydrogens (primary N) is 1. The second kappa shape index (κ2) is 13.8. The van der Waals surface area contributed by atoms with E-state index >= 15 is 0 Å². The van der Waals surface area contributed by atoms with Crippen LogP contribution in [-0.2, 0) is 6.42 Å². The third-order valence-electron chi connectivity index (χ3n) is 5.80. The van der Waals surface area contributed by atoms with Crippen LogP contribution in [0.4, 0.5) is 0 Å². The van der Waals surface area contributed by atoms with Crippen molar-refractivity contribution in [3.63, 3.8) is 0 Å². The standard InChI is InChI=1S/C27H39N3O4/c1-4-14-30(15-5-2)27(34)22-13-9-12-21(26(28)33)25(22)23(16-20-10-7-6-8-11-20)24(32)18-29-17-19(3)31/h6-13,19,23-24,29,31-32H,4-5,14-18H2,1-3H3,(H2,28,33)/t19?,23-,24+/m1/s1. The van der Waals surface area contributed by atoms with Gasteiger partial charge in [-0.15, -0.1) is 0 Å². The number of aliphatic hydroxyl groups is 2. The van der Waals surface area contributed by atoms with Crippen LogP contribution in [-0.4, -0.2) is 65.3 Å². The fraction of sp³-hybridized carbons (Fsp3) is 0.481. The number of carbonyl (C=O) groups is 2. The Hall–Kier alpha value is -2.74. The molecule has 1 unspecified atom stereocenters. The SMILES string of the molecule is CCCN(CCC)C(=O)c1cccc(C(N)=O)c1[C@H](Cc1ccccc1)[C@@H](O)CNCC(C)O. The number of primary amides is 1. The van der Waals surface area contributed by atoms with Gasteiger partial charge in [-0.05, 0) is 49.4 Å². The molecule has 0 bridgehead atoms. The summed E-state index contributed by atoms with van der Waals surface area (Å²) in [6.07, 6.45) is 0.569. The number of carbonyl (C=O) groups excluding carboxylic acids is 2. The lowest BCUT2D eigenvalue weighted by Crippen LogP contribution is -2.38. The molecule has 0 aromatic heterocycles. The number of rotatable bonds is 14. The molecule has 0 aliphatic rings. The Labute approximate surface area is 203 Å². The molecule has 0 aliphatic carbocycles. The van der Waals surface area contributed by atoms with Crippen LogP contribution in [0, 0.1) is 0 Å². The van der Waals surface area contributed by atoms with Gasteiger partial charge in [0.2, 0.25) is 5.91 Å². The van der Waals surface area contributed by atoms with Crippen LogP contribution in [0.3, 0.4) is 0 Å². The molecule has 2 aromatic rings. The summed E-state index contributed by atoms with van der Waals surface area (Å²) in [5, 5.41) is 23.9. The van der Waals surface area contributed by atoms with Gasteiger partial charge in [-0.25, -0.2) is 0 Å². The topological polar surface area (TPSA) is 116 Å². The molecule has 3 atom stereocenters. The Morgan fingerprint density at radius 2 is 1.56 bits per heavy atom. The van der Waals surface area contributed by atoms with E-state index < -0.39 is 24.0 Å². The second-order valence-electron chi connectivity index (χ2n) is 8.79. The van der Waals surface area contributed by atoms with Gasteiger partial charge in [0.15, 0.2) is 0 Å². The Morgan fingerprint density at radius 3 is 2.12 bits per heavy atom. The van der Waals surface area contributed by atoms with Gasteiger partial charge < -0.3 is 26.2 Å². The van der Waals surface area contributed by atoms with Crippen molar-refractivity contribution in [2.45, 2.75) is 58.2 Å². The average Bonchev–Trinajstić information content (AvgIpc) is 2.81. The minimum absolute atomic E-state index is 0.163. The predicted octanol–water partition coefficient (Wildman–Crippen LogP) is 2.71. The maximum Gasteiger partial charge on any atom is 0.254 e. The molecular formula is C27H39N3O4. The zero-order valence-corrected chi connectivity index (χ0v) is 20.5. The first kappa shape index (κ1) is 27.5. The van der Waals surface area contributed by atoms with E-state index in [0.29, 0.717) is 37.2 Å². The molecule has 0 saturated carbocycles. The third-order valence-corrected chi connectivity index (χ3v) is 5.80.